The molecule has 0 spiro atoms. The van der Waals surface area contributed by atoms with Crippen molar-refractivity contribution in [1.82, 2.24) is 21.3 Å². The zero-order valence-corrected chi connectivity index (χ0v) is 62.8. The van der Waals surface area contributed by atoms with Crippen LogP contribution in [-0.2, 0) is 25.5 Å². The highest BCUT2D eigenvalue weighted by atomic mass is 16.6. The number of aryl methyl sites for hydroxylation is 1. The van der Waals surface area contributed by atoms with Crippen LogP contribution in [0.15, 0.2) is 36.9 Å². The second-order valence-corrected chi connectivity index (χ2v) is 32.2. The molecular weight excluding hydrogens is 1150 g/mol. The smallest absolute Gasteiger partial charge is 0.338 e. The van der Waals surface area contributed by atoms with Gasteiger partial charge in [0, 0.05) is 62.1 Å². The number of hydrogen-bond acceptors (Lipinski definition) is 14. The summed E-state index contributed by atoms with van der Waals surface area (Å²) >= 11 is 0. The van der Waals surface area contributed by atoms with E-state index in [4.69, 9.17) is 15.9 Å². The van der Waals surface area contributed by atoms with Crippen molar-refractivity contribution in [2.45, 2.75) is 282 Å². The van der Waals surface area contributed by atoms with Gasteiger partial charge in [0.15, 0.2) is 11.5 Å². The Kier molecular flexibility index (Phi) is 45.7. The Morgan fingerprint density at radius 2 is 1.10 bits per heavy atom. The summed E-state index contributed by atoms with van der Waals surface area (Å²) in [5, 5.41) is 77.7. The van der Waals surface area contributed by atoms with Gasteiger partial charge in [-0.1, -0.05) is 185 Å². The fourth-order valence-electron chi connectivity index (χ4n) is 7.36. The Labute approximate surface area is 554 Å². The summed E-state index contributed by atoms with van der Waals surface area (Å²) in [7, 11) is 1.84. The third-order valence-electron chi connectivity index (χ3n) is 13.1. The van der Waals surface area contributed by atoms with E-state index in [9.17, 15) is 54.9 Å². The molecule has 530 valence electrons. The van der Waals surface area contributed by atoms with Crippen molar-refractivity contribution in [2.75, 3.05) is 33.2 Å². The monoisotopic (exact) mass is 1290 g/mol. The van der Waals surface area contributed by atoms with Gasteiger partial charge in [-0.25, -0.2) is 4.79 Å². The summed E-state index contributed by atoms with van der Waals surface area (Å²) in [6.45, 7) is 63.6. The van der Waals surface area contributed by atoms with Crippen LogP contribution >= 0.6 is 0 Å². The molecule has 3 rings (SSSR count). The lowest BCUT2D eigenvalue weighted by molar-refractivity contribution is -0.121. The minimum Gasteiger partial charge on any atom is -0.508 e. The zero-order chi connectivity index (χ0) is 72.9. The second-order valence-electron chi connectivity index (χ2n) is 32.2. The summed E-state index contributed by atoms with van der Waals surface area (Å²) in [4.78, 5) is 44.0. The predicted molar refractivity (Wildman–Crippen MR) is 378 cm³/mol. The average molecular weight is 1290 g/mol. The number of hydrogen-bond donors (Lipinski definition) is 11. The van der Waals surface area contributed by atoms with E-state index in [1.54, 1.807) is 27.7 Å². The molecule has 0 aliphatic carbocycles. The van der Waals surface area contributed by atoms with Crippen LogP contribution in [0.4, 0.5) is 0 Å². The van der Waals surface area contributed by atoms with Gasteiger partial charge in [-0.05, 0) is 123 Å². The number of likely N-dealkylation sites (N-methyl/N-ethyl adjacent to an activating group) is 1. The number of carbonyl (C=O) groups excluding carboxylic acids is 4. The molecule has 1 aliphatic heterocycles. The first-order chi connectivity index (χ1) is 40.9. The van der Waals surface area contributed by atoms with E-state index in [1.807, 2.05) is 83.2 Å². The topological polar surface area (TPSA) is 276 Å². The van der Waals surface area contributed by atoms with E-state index in [0.717, 1.165) is 38.8 Å². The highest BCUT2D eigenvalue weighted by Crippen LogP contribution is 2.41. The van der Waals surface area contributed by atoms with E-state index in [0.29, 0.717) is 53.6 Å². The largest absolute Gasteiger partial charge is 0.508 e. The second kappa shape index (κ2) is 44.1. The number of amides is 3. The molecule has 0 fully saturated rings. The van der Waals surface area contributed by atoms with Crippen molar-refractivity contribution in [2.24, 2.45) is 37.9 Å². The maximum atomic E-state index is 11.7. The van der Waals surface area contributed by atoms with Crippen LogP contribution in [0.5, 0.6) is 28.7 Å². The molecular formula is C74H136N4O13. The van der Waals surface area contributed by atoms with E-state index < -0.39 is 17.7 Å². The van der Waals surface area contributed by atoms with Crippen molar-refractivity contribution in [1.29, 1.82) is 0 Å². The van der Waals surface area contributed by atoms with Gasteiger partial charge in [0.1, 0.15) is 29.0 Å². The number of rotatable bonds is 14. The average Bonchev–Trinajstić information content (AvgIpc) is 1.38. The quantitative estimate of drug-likeness (QED) is 0.0363. The number of benzene rings is 2. The van der Waals surface area contributed by atoms with Crippen LogP contribution in [0, 0.1) is 57.2 Å². The molecule has 17 heteroatoms. The van der Waals surface area contributed by atoms with Crippen molar-refractivity contribution in [3.05, 3.63) is 53.6 Å². The summed E-state index contributed by atoms with van der Waals surface area (Å²) in [6.07, 6.45) is 12.5. The Bertz CT molecular complexity index is 2390. The summed E-state index contributed by atoms with van der Waals surface area (Å²) < 4.78 is 10.8. The molecule has 1 heterocycles. The van der Waals surface area contributed by atoms with E-state index >= 15 is 0 Å². The number of fused-ring (bicyclic) bond motifs is 1. The Morgan fingerprint density at radius 3 is 1.41 bits per heavy atom. The molecule has 0 bridgehead atoms. The number of aromatic hydroxyl groups is 4. The highest BCUT2D eigenvalue weighted by molar-refractivity contribution is 5.91. The van der Waals surface area contributed by atoms with Gasteiger partial charge in [0.25, 0.3) is 0 Å². The minimum absolute atomic E-state index is 0.00299. The van der Waals surface area contributed by atoms with Gasteiger partial charge in [-0.3, -0.25) is 14.4 Å². The number of esters is 1. The Hall–Kier alpha value is -5.54. The van der Waals surface area contributed by atoms with E-state index in [1.165, 1.54) is 43.2 Å². The maximum Gasteiger partial charge on any atom is 0.338 e. The third kappa shape index (κ3) is 54.7. The van der Waals surface area contributed by atoms with Gasteiger partial charge < -0.3 is 66.5 Å². The Morgan fingerprint density at radius 1 is 0.659 bits per heavy atom. The number of aliphatic hydroxyl groups is 3. The molecule has 4 unspecified atom stereocenters. The zero-order valence-electron chi connectivity index (χ0n) is 62.8. The van der Waals surface area contributed by atoms with Crippen molar-refractivity contribution < 1.29 is 64.4 Å². The van der Waals surface area contributed by atoms with Gasteiger partial charge in [0.2, 0.25) is 17.7 Å². The Balaban J connectivity index is -0.000000315. The molecule has 0 radical (unpaired) electrons. The molecule has 3 amide bonds. The van der Waals surface area contributed by atoms with Gasteiger partial charge in [0.05, 0.1) is 30.3 Å². The predicted octanol–water partition coefficient (Wildman–Crippen LogP) is 14.7. The molecule has 0 saturated heterocycles. The number of phenolic OH excluding ortho intramolecular Hbond substituents is 4. The van der Waals surface area contributed by atoms with Crippen LogP contribution in [0.3, 0.4) is 0 Å². The third-order valence-corrected chi connectivity index (χ3v) is 13.1. The van der Waals surface area contributed by atoms with Crippen molar-refractivity contribution in [3.8, 4) is 41.1 Å². The molecule has 11 N–H and O–H groups in total. The number of carbonyl (C=O) groups is 4. The van der Waals surface area contributed by atoms with Gasteiger partial charge in [-0.2, -0.15) is 0 Å². The van der Waals surface area contributed by atoms with Crippen LogP contribution in [-0.4, -0.2) is 123 Å². The van der Waals surface area contributed by atoms with Crippen LogP contribution in [0.2, 0.25) is 0 Å². The number of aliphatic hydroxyl groups excluding tert-OH is 3. The SMILES string of the molecule is C#CCC(=O)NCCC(C)(C)C.C=CC(=O)NCCC(C)(C)C.CC(C)(C)C1Oc2cc(O)cc(O)c2CC1O.CCC(=O)NCCC(C)(C)C.CCC(O)C(C)(C)C.CCCC(C)(C)C.CNCC(O)C(C)(C)C.Cc1cc(C(=O)OC(C)(C)C)cc(O)c1O. The molecule has 4 atom stereocenters. The molecule has 2 aromatic carbocycles. The highest BCUT2D eigenvalue weighted by Gasteiger charge is 2.38. The molecule has 1 aliphatic rings. The number of nitrogens with one attached hydrogen (secondary N) is 4. The number of terminal acetylenes is 1. The maximum absolute atomic E-state index is 11.7. The van der Waals surface area contributed by atoms with Crippen LogP contribution < -0.4 is 26.0 Å². The van der Waals surface area contributed by atoms with E-state index in [-0.39, 0.29) is 98.1 Å². The summed E-state index contributed by atoms with van der Waals surface area (Å²) in [5.41, 5.74) is 1.90. The normalized spacial score (nSPS) is 14.4. The molecule has 0 aromatic heterocycles. The standard InChI is InChI=1S/C13H18O4.C12H16O4.C10H17NO.C9H19NO.C9H17NO.C7H17NO.C7H16O.C7H16/c1-13(2,3)12-10(16)6-8-9(15)4-7(14)5-11(8)17-12;1-7-5-8(6-9(13)10(7)14)11(15)16-12(2,3)4;1-5-6-9(12)11-8-7-10(2,3)4;2*1-5-8(11)10-7-6-9(2,3)4;1-7(2,3)6(9)5-8-4;1-5-6(8)7(2,3)4;1-5-6-7(2,3)4/h4-5,10,12,14-16H,6H2,1-3H3;5-6,13-14H,1-4H3;1H,6-8H2,2-4H3,(H,11,12);5-7H2,1-4H3,(H,10,11);5H,1,6-7H2,2-4H3,(H,10,11);6,8-9H,5H2,1-4H3;6,8H,5H2,1-4H3;5-6H2,1-4H3. The fraction of sp³-hybridized carbons (Fsp3) is 0.730. The lowest BCUT2D eigenvalue weighted by Crippen LogP contribution is -2.46. The summed E-state index contributed by atoms with van der Waals surface area (Å²) in [5.74, 6) is 1.63. The van der Waals surface area contributed by atoms with E-state index in [2.05, 4.69) is 124 Å². The van der Waals surface area contributed by atoms with Crippen LogP contribution in [0.25, 0.3) is 0 Å². The van der Waals surface area contributed by atoms with Crippen molar-refractivity contribution in [3.63, 3.8) is 0 Å². The first-order valence-electron chi connectivity index (χ1n) is 32.4. The minimum atomic E-state index is -0.655. The molecule has 0 saturated carbocycles. The lowest BCUT2D eigenvalue weighted by Gasteiger charge is -2.38. The number of ether oxygens (including phenoxy) is 2. The fourth-order valence-corrected chi connectivity index (χ4v) is 7.36. The van der Waals surface area contributed by atoms with Gasteiger partial charge >= 0.3 is 5.97 Å². The number of phenols is 4. The van der Waals surface area contributed by atoms with Gasteiger partial charge in [-0.15, -0.1) is 6.42 Å². The molecule has 17 nitrogen and oxygen atoms in total. The lowest BCUT2D eigenvalue weighted by atomic mass is 9.82. The molecule has 91 heavy (non-hydrogen) atoms. The first-order valence-corrected chi connectivity index (χ1v) is 32.4. The van der Waals surface area contributed by atoms with Crippen LogP contribution in [0.1, 0.15) is 260 Å². The van der Waals surface area contributed by atoms with Crippen molar-refractivity contribution >= 4 is 23.7 Å². The summed E-state index contributed by atoms with van der Waals surface area (Å²) in [6, 6.07) is 5.39. The first kappa shape index (κ1) is 94.2. The molecule has 2 aromatic rings.